The summed E-state index contributed by atoms with van der Waals surface area (Å²) in [5.41, 5.74) is 1.22. The number of fused-ring (bicyclic) bond motifs is 7. The molecule has 0 saturated heterocycles. The van der Waals surface area contributed by atoms with Gasteiger partial charge in [0.15, 0.2) is 5.78 Å². The molecule has 0 heterocycles. The highest BCUT2D eigenvalue weighted by molar-refractivity contribution is 5.96. The number of hydrogen-bond acceptors (Lipinski definition) is 4. The van der Waals surface area contributed by atoms with Crippen molar-refractivity contribution in [3.8, 4) is 0 Å². The Balaban J connectivity index is 1.36. The zero-order valence-corrected chi connectivity index (χ0v) is 27.8. The molecule has 1 N–H and O–H groups in total. The lowest BCUT2D eigenvalue weighted by atomic mass is 9.33. The molecule has 43 heavy (non-hydrogen) atoms. The first-order valence-electron chi connectivity index (χ1n) is 16.8. The molecule has 5 aliphatic carbocycles. The molecular formula is C38H53NO4. The second-order valence-corrected chi connectivity index (χ2v) is 17.0. The predicted octanol–water partition coefficient (Wildman–Crippen LogP) is 8.54. The minimum absolute atomic E-state index is 0.0502. The number of amides is 1. The van der Waals surface area contributed by atoms with Crippen LogP contribution in [0.2, 0.25) is 0 Å². The SMILES string of the molecule is CC(=O)OC1CCC2(C)C(CCC3(C)C2C(=O)C=C2C4CC(C)(C(=O)Nc5ccccc5)CCC4(C)CCC23C)C1(C)C. The van der Waals surface area contributed by atoms with Crippen LogP contribution in [0.25, 0.3) is 0 Å². The number of hydrogen-bond donors (Lipinski definition) is 1. The molecule has 0 radical (unpaired) electrons. The summed E-state index contributed by atoms with van der Waals surface area (Å²) >= 11 is 0. The number of ketones is 1. The van der Waals surface area contributed by atoms with Gasteiger partial charge in [0, 0.05) is 29.4 Å². The van der Waals surface area contributed by atoms with Crippen molar-refractivity contribution in [2.24, 2.45) is 50.2 Å². The van der Waals surface area contributed by atoms with E-state index in [2.05, 4.69) is 59.9 Å². The monoisotopic (exact) mass is 587 g/mol. The van der Waals surface area contributed by atoms with Gasteiger partial charge >= 0.3 is 5.97 Å². The Morgan fingerprint density at radius 2 is 1.53 bits per heavy atom. The molecule has 1 aromatic carbocycles. The summed E-state index contributed by atoms with van der Waals surface area (Å²) in [4.78, 5) is 40.4. The molecule has 1 amide bonds. The Morgan fingerprint density at radius 1 is 0.860 bits per heavy atom. The zero-order chi connectivity index (χ0) is 31.2. The van der Waals surface area contributed by atoms with Crippen molar-refractivity contribution in [1.82, 2.24) is 0 Å². The van der Waals surface area contributed by atoms with E-state index in [1.807, 2.05) is 30.3 Å². The average Bonchev–Trinajstić information content (AvgIpc) is 2.93. The molecule has 0 bridgehead atoms. The highest BCUT2D eigenvalue weighted by atomic mass is 16.5. The van der Waals surface area contributed by atoms with Gasteiger partial charge in [-0.2, -0.15) is 0 Å². The summed E-state index contributed by atoms with van der Waals surface area (Å²) in [6, 6.07) is 9.78. The standard InChI is InChI=1S/C38H53NO4/c1-24(40)43-30-15-16-36(6)29(33(30,2)3)14-17-38(8)31(36)28(41)22-26-27-23-35(5,32(42)39-25-12-10-9-11-13-25)19-18-34(27,4)20-21-37(26,38)7/h9-13,22,27,29-31H,14-21,23H2,1-8H3,(H,39,42). The molecule has 5 nitrogen and oxygen atoms in total. The third kappa shape index (κ3) is 4.33. The van der Waals surface area contributed by atoms with Gasteiger partial charge in [-0.1, -0.05) is 72.2 Å². The fourth-order valence-corrected chi connectivity index (χ4v) is 11.6. The van der Waals surface area contributed by atoms with E-state index in [1.54, 1.807) is 0 Å². The van der Waals surface area contributed by atoms with E-state index in [1.165, 1.54) is 12.5 Å². The number of carbonyl (C=O) groups excluding carboxylic acids is 3. The molecule has 9 unspecified atom stereocenters. The number of nitrogens with one attached hydrogen (secondary N) is 1. The molecule has 0 aromatic heterocycles. The predicted molar refractivity (Wildman–Crippen MR) is 170 cm³/mol. The molecule has 4 fully saturated rings. The molecule has 234 valence electrons. The fraction of sp³-hybridized carbons (Fsp3) is 0.711. The second kappa shape index (κ2) is 9.78. The number of rotatable bonds is 3. The van der Waals surface area contributed by atoms with Crippen LogP contribution in [0.15, 0.2) is 42.0 Å². The van der Waals surface area contributed by atoms with E-state index >= 15 is 0 Å². The smallest absolute Gasteiger partial charge is 0.302 e. The van der Waals surface area contributed by atoms with Crippen LogP contribution in [0, 0.1) is 50.2 Å². The van der Waals surface area contributed by atoms with Crippen molar-refractivity contribution in [1.29, 1.82) is 0 Å². The third-order valence-corrected chi connectivity index (χ3v) is 14.4. The van der Waals surface area contributed by atoms with Crippen LogP contribution in [0.4, 0.5) is 5.69 Å². The summed E-state index contributed by atoms with van der Waals surface area (Å²) in [5.74, 6) is 0.667. The summed E-state index contributed by atoms with van der Waals surface area (Å²) < 4.78 is 5.87. The molecule has 4 saturated carbocycles. The first kappa shape index (κ1) is 30.6. The molecular weight excluding hydrogens is 534 g/mol. The summed E-state index contributed by atoms with van der Waals surface area (Å²) in [6.07, 6.45) is 10.6. The molecule has 0 aliphatic heterocycles. The van der Waals surface area contributed by atoms with Gasteiger partial charge in [-0.05, 0) is 109 Å². The minimum atomic E-state index is -0.483. The second-order valence-electron chi connectivity index (χ2n) is 17.0. The molecule has 1 aromatic rings. The van der Waals surface area contributed by atoms with Crippen molar-refractivity contribution in [2.75, 3.05) is 5.32 Å². The largest absolute Gasteiger partial charge is 0.462 e. The van der Waals surface area contributed by atoms with Gasteiger partial charge < -0.3 is 10.1 Å². The summed E-state index contributed by atoms with van der Waals surface area (Å²) in [7, 11) is 0. The maximum Gasteiger partial charge on any atom is 0.302 e. The van der Waals surface area contributed by atoms with E-state index < -0.39 is 5.41 Å². The van der Waals surface area contributed by atoms with Gasteiger partial charge in [0.05, 0.1) is 0 Å². The van der Waals surface area contributed by atoms with Gasteiger partial charge in [-0.3, -0.25) is 14.4 Å². The Morgan fingerprint density at radius 3 is 2.21 bits per heavy atom. The van der Waals surface area contributed by atoms with Crippen molar-refractivity contribution in [2.45, 2.75) is 119 Å². The molecule has 9 atom stereocenters. The van der Waals surface area contributed by atoms with Crippen LogP contribution in [-0.4, -0.2) is 23.8 Å². The molecule has 0 spiro atoms. The van der Waals surface area contributed by atoms with Crippen LogP contribution < -0.4 is 5.32 Å². The van der Waals surface area contributed by atoms with E-state index in [-0.39, 0.29) is 56.9 Å². The van der Waals surface area contributed by atoms with Crippen molar-refractivity contribution < 1.29 is 19.1 Å². The highest BCUT2D eigenvalue weighted by Crippen LogP contribution is 2.75. The molecule has 5 aliphatic rings. The van der Waals surface area contributed by atoms with Crippen LogP contribution in [-0.2, 0) is 19.1 Å². The van der Waals surface area contributed by atoms with E-state index in [4.69, 9.17) is 4.74 Å². The number of para-hydroxylation sites is 1. The molecule has 5 heteroatoms. The normalized spacial score (nSPS) is 44.9. The summed E-state index contributed by atoms with van der Waals surface area (Å²) in [6.45, 7) is 17.9. The zero-order valence-electron chi connectivity index (χ0n) is 27.8. The number of esters is 1. The Kier molecular flexibility index (Phi) is 6.96. The van der Waals surface area contributed by atoms with Crippen molar-refractivity contribution >= 4 is 23.3 Å². The van der Waals surface area contributed by atoms with Crippen LogP contribution in [0.5, 0.6) is 0 Å². The van der Waals surface area contributed by atoms with Crippen molar-refractivity contribution in [3.63, 3.8) is 0 Å². The first-order chi connectivity index (χ1) is 20.0. The number of benzene rings is 1. The lowest BCUT2D eigenvalue weighted by molar-refractivity contribution is -0.210. The number of allylic oxidation sites excluding steroid dienone is 2. The summed E-state index contributed by atoms with van der Waals surface area (Å²) in [5, 5.41) is 3.21. The quantitative estimate of drug-likeness (QED) is 0.360. The van der Waals surface area contributed by atoms with E-state index in [9.17, 15) is 14.4 Å². The third-order valence-electron chi connectivity index (χ3n) is 14.4. The lowest BCUT2D eigenvalue weighted by Crippen LogP contribution is -2.66. The van der Waals surface area contributed by atoms with E-state index in [0.29, 0.717) is 11.7 Å². The lowest BCUT2D eigenvalue weighted by Gasteiger charge is -2.70. The van der Waals surface area contributed by atoms with Gasteiger partial charge in [0.25, 0.3) is 0 Å². The maximum atomic E-state index is 14.6. The highest BCUT2D eigenvalue weighted by Gasteiger charge is 2.70. The topological polar surface area (TPSA) is 72.5 Å². The number of carbonyl (C=O) groups is 3. The maximum absolute atomic E-state index is 14.6. The van der Waals surface area contributed by atoms with Crippen LogP contribution in [0.3, 0.4) is 0 Å². The Bertz CT molecular complexity index is 1360. The van der Waals surface area contributed by atoms with Gasteiger partial charge in [-0.15, -0.1) is 0 Å². The van der Waals surface area contributed by atoms with Crippen LogP contribution >= 0.6 is 0 Å². The molecule has 6 rings (SSSR count). The fourth-order valence-electron chi connectivity index (χ4n) is 11.6. The van der Waals surface area contributed by atoms with E-state index in [0.717, 1.165) is 63.5 Å². The Hall–Kier alpha value is -2.43. The van der Waals surface area contributed by atoms with Gasteiger partial charge in [-0.25, -0.2) is 0 Å². The first-order valence-corrected chi connectivity index (χ1v) is 16.8. The van der Waals surface area contributed by atoms with Gasteiger partial charge in [0.1, 0.15) is 6.10 Å². The average molecular weight is 588 g/mol. The van der Waals surface area contributed by atoms with Crippen molar-refractivity contribution in [3.05, 3.63) is 42.0 Å². The minimum Gasteiger partial charge on any atom is -0.462 e. The number of ether oxygens (including phenoxy) is 1. The Labute approximate surface area is 259 Å². The number of anilines is 1. The van der Waals surface area contributed by atoms with Gasteiger partial charge in [0.2, 0.25) is 5.91 Å². The van der Waals surface area contributed by atoms with Crippen LogP contribution in [0.1, 0.15) is 113 Å².